The summed E-state index contributed by atoms with van der Waals surface area (Å²) in [5.41, 5.74) is 4.29. The van der Waals surface area contributed by atoms with Crippen molar-refractivity contribution in [1.29, 1.82) is 0 Å². The summed E-state index contributed by atoms with van der Waals surface area (Å²) >= 11 is 0. The topological polar surface area (TPSA) is 92.9 Å². The fraction of sp³-hybridized carbons (Fsp3) is 0.778. The highest BCUT2D eigenvalue weighted by atomic mass is 16.6. The monoisotopic (exact) mass is 216 g/mol. The third kappa shape index (κ3) is 2.59. The van der Waals surface area contributed by atoms with Gasteiger partial charge in [0.05, 0.1) is 12.6 Å². The zero-order valence-corrected chi connectivity index (χ0v) is 8.90. The summed E-state index contributed by atoms with van der Waals surface area (Å²) in [7, 11) is 0. The number of carbonyl (C=O) groups excluding carboxylic acids is 1. The predicted molar refractivity (Wildman–Crippen MR) is 52.4 cm³/mol. The average Bonchev–Trinajstić information content (AvgIpc) is 2.48. The second-order valence-corrected chi connectivity index (χ2v) is 4.07. The Labute approximate surface area is 88.0 Å². The molecule has 1 fully saturated rings. The van der Waals surface area contributed by atoms with E-state index in [1.54, 1.807) is 13.8 Å². The molecule has 1 amide bonds. The van der Waals surface area contributed by atoms with Crippen LogP contribution in [0.3, 0.4) is 0 Å². The standard InChI is InChI=1S/C9H16N2O4/c1-6(2)15-8(14)11-4-3-9(10,5-11)7(12)13/h6H,3-5,10H2,1-2H3,(H,12,13). The van der Waals surface area contributed by atoms with Gasteiger partial charge in [-0.05, 0) is 20.3 Å². The van der Waals surface area contributed by atoms with Gasteiger partial charge in [-0.3, -0.25) is 4.79 Å². The normalized spacial score (nSPS) is 25.7. The number of carbonyl (C=O) groups is 2. The van der Waals surface area contributed by atoms with Crippen LogP contribution in [0.15, 0.2) is 0 Å². The molecule has 1 aliphatic rings. The first-order valence-electron chi connectivity index (χ1n) is 4.83. The SMILES string of the molecule is CC(C)OC(=O)N1CCC(N)(C(=O)O)C1. The lowest BCUT2D eigenvalue weighted by Crippen LogP contribution is -2.50. The first-order chi connectivity index (χ1) is 6.85. The van der Waals surface area contributed by atoms with Crippen molar-refractivity contribution in [2.45, 2.75) is 31.9 Å². The van der Waals surface area contributed by atoms with Crippen LogP contribution in [0.5, 0.6) is 0 Å². The van der Waals surface area contributed by atoms with E-state index in [0.29, 0.717) is 6.54 Å². The van der Waals surface area contributed by atoms with Gasteiger partial charge in [-0.15, -0.1) is 0 Å². The Kier molecular flexibility index (Phi) is 3.18. The summed E-state index contributed by atoms with van der Waals surface area (Å²) in [6.07, 6.45) is -0.455. The highest BCUT2D eigenvalue weighted by Gasteiger charge is 2.43. The molecule has 0 radical (unpaired) electrons. The highest BCUT2D eigenvalue weighted by Crippen LogP contribution is 2.19. The number of nitrogens with zero attached hydrogens (tertiary/aromatic N) is 1. The van der Waals surface area contributed by atoms with Crippen molar-refractivity contribution in [3.8, 4) is 0 Å². The third-order valence-electron chi connectivity index (χ3n) is 2.32. The van der Waals surface area contributed by atoms with E-state index in [9.17, 15) is 9.59 Å². The molecule has 0 spiro atoms. The molecule has 0 aliphatic carbocycles. The molecule has 1 rings (SSSR count). The van der Waals surface area contributed by atoms with Gasteiger partial charge in [0.25, 0.3) is 0 Å². The number of aliphatic carboxylic acids is 1. The molecule has 0 aromatic heterocycles. The molecule has 6 nitrogen and oxygen atoms in total. The molecule has 0 bridgehead atoms. The molecule has 1 atom stereocenters. The van der Waals surface area contributed by atoms with E-state index >= 15 is 0 Å². The number of carboxylic acid groups (broad SMARTS) is 1. The summed E-state index contributed by atoms with van der Waals surface area (Å²) in [5, 5.41) is 8.85. The van der Waals surface area contributed by atoms with Gasteiger partial charge in [-0.2, -0.15) is 0 Å². The minimum atomic E-state index is -1.32. The molecule has 1 aliphatic heterocycles. The molecule has 1 unspecified atom stereocenters. The molecule has 1 saturated heterocycles. The Bertz CT molecular complexity index is 279. The van der Waals surface area contributed by atoms with E-state index in [2.05, 4.69) is 0 Å². The summed E-state index contributed by atoms with van der Waals surface area (Å²) in [4.78, 5) is 23.6. The van der Waals surface area contributed by atoms with Crippen molar-refractivity contribution in [3.05, 3.63) is 0 Å². The number of amides is 1. The maximum absolute atomic E-state index is 11.4. The number of ether oxygens (including phenoxy) is 1. The van der Waals surface area contributed by atoms with Gasteiger partial charge in [-0.25, -0.2) is 4.79 Å². The van der Waals surface area contributed by atoms with Gasteiger partial charge >= 0.3 is 12.1 Å². The van der Waals surface area contributed by atoms with Crippen LogP contribution in [-0.2, 0) is 9.53 Å². The predicted octanol–water partition coefficient (Wildman–Crippen LogP) is 0.0192. The van der Waals surface area contributed by atoms with E-state index < -0.39 is 17.6 Å². The van der Waals surface area contributed by atoms with Crippen LogP contribution < -0.4 is 5.73 Å². The van der Waals surface area contributed by atoms with E-state index in [0.717, 1.165) is 0 Å². The van der Waals surface area contributed by atoms with Gasteiger partial charge in [0.1, 0.15) is 5.54 Å². The average molecular weight is 216 g/mol. The van der Waals surface area contributed by atoms with Gasteiger partial charge in [0.15, 0.2) is 0 Å². The lowest BCUT2D eigenvalue weighted by molar-refractivity contribution is -0.142. The van der Waals surface area contributed by atoms with Crippen LogP contribution in [0, 0.1) is 0 Å². The van der Waals surface area contributed by atoms with Crippen molar-refractivity contribution < 1.29 is 19.4 Å². The van der Waals surface area contributed by atoms with E-state index in [4.69, 9.17) is 15.6 Å². The fourth-order valence-corrected chi connectivity index (χ4v) is 1.44. The number of rotatable bonds is 2. The first-order valence-corrected chi connectivity index (χ1v) is 4.83. The van der Waals surface area contributed by atoms with Crippen LogP contribution in [0.2, 0.25) is 0 Å². The van der Waals surface area contributed by atoms with Crippen molar-refractivity contribution in [2.24, 2.45) is 5.73 Å². The van der Waals surface area contributed by atoms with Crippen LogP contribution in [0.1, 0.15) is 20.3 Å². The lowest BCUT2D eigenvalue weighted by Gasteiger charge is -2.20. The van der Waals surface area contributed by atoms with Gasteiger partial charge in [0.2, 0.25) is 0 Å². The van der Waals surface area contributed by atoms with Crippen molar-refractivity contribution in [3.63, 3.8) is 0 Å². The Morgan fingerprint density at radius 1 is 1.53 bits per heavy atom. The molecule has 6 heteroatoms. The Balaban J connectivity index is 2.56. The molecule has 86 valence electrons. The summed E-state index contributed by atoms with van der Waals surface area (Å²) in [6.45, 7) is 3.81. The van der Waals surface area contributed by atoms with Gasteiger partial charge in [-0.1, -0.05) is 0 Å². The van der Waals surface area contributed by atoms with Crippen LogP contribution in [0.4, 0.5) is 4.79 Å². The molecule has 15 heavy (non-hydrogen) atoms. The molecule has 1 heterocycles. The van der Waals surface area contributed by atoms with E-state index in [1.807, 2.05) is 0 Å². The highest BCUT2D eigenvalue weighted by molar-refractivity contribution is 5.81. The third-order valence-corrected chi connectivity index (χ3v) is 2.32. The Hall–Kier alpha value is -1.30. The molecule has 0 aromatic carbocycles. The maximum Gasteiger partial charge on any atom is 0.410 e. The largest absolute Gasteiger partial charge is 0.480 e. The smallest absolute Gasteiger partial charge is 0.410 e. The van der Waals surface area contributed by atoms with Crippen LogP contribution >= 0.6 is 0 Å². The van der Waals surface area contributed by atoms with Gasteiger partial charge < -0.3 is 20.5 Å². The van der Waals surface area contributed by atoms with E-state index in [1.165, 1.54) is 4.90 Å². The second kappa shape index (κ2) is 4.06. The van der Waals surface area contributed by atoms with Crippen molar-refractivity contribution >= 4 is 12.1 Å². The molecule has 0 saturated carbocycles. The zero-order valence-electron chi connectivity index (χ0n) is 8.90. The Morgan fingerprint density at radius 3 is 2.53 bits per heavy atom. The number of likely N-dealkylation sites (tertiary alicyclic amines) is 1. The van der Waals surface area contributed by atoms with Crippen LogP contribution in [-0.4, -0.2) is 46.8 Å². The minimum Gasteiger partial charge on any atom is -0.480 e. The summed E-state index contributed by atoms with van der Waals surface area (Å²) in [5.74, 6) is -1.08. The van der Waals surface area contributed by atoms with E-state index in [-0.39, 0.29) is 19.1 Å². The quantitative estimate of drug-likeness (QED) is 0.678. The minimum absolute atomic E-state index is 0.00782. The summed E-state index contributed by atoms with van der Waals surface area (Å²) < 4.78 is 4.95. The van der Waals surface area contributed by atoms with Crippen molar-refractivity contribution in [2.75, 3.05) is 13.1 Å². The number of nitrogens with two attached hydrogens (primary N) is 1. The zero-order chi connectivity index (χ0) is 11.6. The first kappa shape index (κ1) is 11.8. The fourth-order valence-electron chi connectivity index (χ4n) is 1.44. The second-order valence-electron chi connectivity index (χ2n) is 4.07. The van der Waals surface area contributed by atoms with Crippen molar-refractivity contribution in [1.82, 2.24) is 4.90 Å². The number of hydrogen-bond donors (Lipinski definition) is 2. The molecule has 0 aromatic rings. The number of carboxylic acids is 1. The lowest BCUT2D eigenvalue weighted by atomic mass is 10.0. The molecular formula is C9H16N2O4. The number of hydrogen-bond acceptors (Lipinski definition) is 4. The summed E-state index contributed by atoms with van der Waals surface area (Å²) in [6, 6.07) is 0. The van der Waals surface area contributed by atoms with Gasteiger partial charge in [0, 0.05) is 6.54 Å². The maximum atomic E-state index is 11.4. The van der Waals surface area contributed by atoms with Crippen LogP contribution in [0.25, 0.3) is 0 Å². The Morgan fingerprint density at radius 2 is 2.13 bits per heavy atom. The molecule has 3 N–H and O–H groups in total. The molecular weight excluding hydrogens is 200 g/mol.